The number of hydrogen-bond donors (Lipinski definition) is 0. The van der Waals surface area contributed by atoms with E-state index in [0.29, 0.717) is 0 Å². The van der Waals surface area contributed by atoms with Crippen molar-refractivity contribution in [2.45, 2.75) is 50.9 Å². The summed E-state index contributed by atoms with van der Waals surface area (Å²) in [7, 11) is 0. The fourth-order valence-corrected chi connectivity index (χ4v) is 14.6. The molecular formula is C72H54N4. The lowest BCUT2D eigenvalue weighted by Crippen LogP contribution is -2.23. The topological polar surface area (TPSA) is 16.3 Å². The van der Waals surface area contributed by atoms with E-state index in [1.165, 1.54) is 132 Å². The molecule has 4 atom stereocenters. The van der Waals surface area contributed by atoms with E-state index in [-0.39, 0.29) is 23.9 Å². The highest BCUT2D eigenvalue weighted by Gasteiger charge is 2.45. The van der Waals surface area contributed by atoms with Crippen LogP contribution in [-0.4, -0.2) is 9.13 Å². The van der Waals surface area contributed by atoms with E-state index in [0.717, 1.165) is 13.1 Å². The van der Waals surface area contributed by atoms with Gasteiger partial charge < -0.3 is 18.9 Å². The standard InChI is InChI=1S/C72H54N4/c1-3-73-61-31-19-17-29-53(61)57-43-51(35-39-63(57)73)75-69(47-25-13-7-14-26-47)67(45-21-9-5-10-22-45)59-41-49-34-38-56-66-50(33-37-55(65(49)66)71(59)75)42-60-68(46-23-11-6-12-24-46)70(48-27-15-8-16-28-48)76(72(56)60)52-36-40-64-58(44-52)54-30-18-20-32-62(54)74(64)4-2/h5-44,67-70H,3-4H2,1-2H3. The second-order valence-corrected chi connectivity index (χ2v) is 21.2. The first-order valence-corrected chi connectivity index (χ1v) is 27.3. The number of anilines is 4. The molecule has 0 fully saturated rings. The number of fused-ring (bicyclic) bond motifs is 10. The molecule has 0 amide bonds. The minimum atomic E-state index is -0.00345. The molecule has 0 N–H and O–H groups in total. The van der Waals surface area contributed by atoms with Crippen LogP contribution in [0.1, 0.15) is 71.1 Å². The van der Waals surface area contributed by atoms with Crippen molar-refractivity contribution in [1.82, 2.24) is 9.13 Å². The van der Waals surface area contributed by atoms with Crippen molar-refractivity contribution in [3.05, 3.63) is 276 Å². The van der Waals surface area contributed by atoms with E-state index < -0.39 is 0 Å². The zero-order valence-electron chi connectivity index (χ0n) is 42.6. The lowest BCUT2D eigenvalue weighted by Gasteiger charge is -2.32. The van der Waals surface area contributed by atoms with Gasteiger partial charge in [-0.15, -0.1) is 0 Å². The molecule has 0 spiro atoms. The van der Waals surface area contributed by atoms with Gasteiger partial charge in [-0.1, -0.05) is 182 Å². The van der Waals surface area contributed by atoms with Crippen molar-refractivity contribution in [2.75, 3.05) is 9.80 Å². The number of hydrogen-bond acceptors (Lipinski definition) is 2. The number of nitrogens with zero attached hydrogens (tertiary/aromatic N) is 4. The van der Waals surface area contributed by atoms with E-state index in [1.54, 1.807) is 0 Å². The first kappa shape index (κ1) is 43.3. The Balaban J connectivity index is 1.00. The van der Waals surface area contributed by atoms with Crippen LogP contribution in [0.2, 0.25) is 0 Å². The van der Waals surface area contributed by atoms with Gasteiger partial charge in [0.15, 0.2) is 0 Å². The molecule has 2 aliphatic rings. The summed E-state index contributed by atoms with van der Waals surface area (Å²) in [5, 5.41) is 13.0. The molecule has 16 rings (SSSR count). The second-order valence-electron chi connectivity index (χ2n) is 21.2. The average molecular weight is 975 g/mol. The van der Waals surface area contributed by atoms with Crippen molar-refractivity contribution in [1.29, 1.82) is 0 Å². The Morgan fingerprint density at radius 3 is 1.05 bits per heavy atom. The third-order valence-corrected chi connectivity index (χ3v) is 17.5. The first-order valence-electron chi connectivity index (χ1n) is 27.3. The molecule has 4 heterocycles. The monoisotopic (exact) mass is 974 g/mol. The lowest BCUT2D eigenvalue weighted by atomic mass is 9.81. The molecule has 2 aromatic heterocycles. The minimum Gasteiger partial charge on any atom is -0.341 e. The highest BCUT2D eigenvalue weighted by atomic mass is 15.2. The minimum absolute atomic E-state index is 0.00345. The highest BCUT2D eigenvalue weighted by Crippen LogP contribution is 2.62. The maximum absolute atomic E-state index is 2.72. The van der Waals surface area contributed by atoms with Crippen molar-refractivity contribution in [3.8, 4) is 0 Å². The first-order chi connectivity index (χ1) is 37.7. The van der Waals surface area contributed by atoms with Crippen LogP contribution < -0.4 is 9.80 Å². The number of aryl methyl sites for hydroxylation is 2. The molecule has 76 heavy (non-hydrogen) atoms. The molecule has 4 unspecified atom stereocenters. The molecule has 0 radical (unpaired) electrons. The quantitative estimate of drug-likeness (QED) is 0.141. The predicted molar refractivity (Wildman–Crippen MR) is 320 cm³/mol. The summed E-state index contributed by atoms with van der Waals surface area (Å²) in [5.41, 5.74) is 18.1. The third-order valence-electron chi connectivity index (χ3n) is 17.5. The van der Waals surface area contributed by atoms with E-state index in [4.69, 9.17) is 0 Å². The number of aromatic nitrogens is 2. The molecular weight excluding hydrogens is 921 g/mol. The van der Waals surface area contributed by atoms with Crippen molar-refractivity contribution < 1.29 is 0 Å². The molecule has 2 aliphatic heterocycles. The smallest absolute Gasteiger partial charge is 0.0701 e. The van der Waals surface area contributed by atoms with E-state index in [2.05, 4.69) is 275 Å². The zero-order chi connectivity index (χ0) is 50.2. The Morgan fingerprint density at radius 1 is 0.303 bits per heavy atom. The van der Waals surface area contributed by atoms with Gasteiger partial charge in [-0.25, -0.2) is 0 Å². The van der Waals surface area contributed by atoms with Crippen molar-refractivity contribution in [3.63, 3.8) is 0 Å². The molecule has 362 valence electrons. The Labute approximate surface area is 442 Å². The van der Waals surface area contributed by atoms with Crippen LogP contribution in [0.25, 0.3) is 75.9 Å². The van der Waals surface area contributed by atoms with Gasteiger partial charge in [0, 0.05) is 90.7 Å². The van der Waals surface area contributed by atoms with Gasteiger partial charge in [-0.05, 0) is 129 Å². The summed E-state index contributed by atoms with van der Waals surface area (Å²) in [6.45, 7) is 6.34. The normalized spacial score (nSPS) is 17.4. The van der Waals surface area contributed by atoms with Crippen LogP contribution in [0.5, 0.6) is 0 Å². The Morgan fingerprint density at radius 2 is 0.658 bits per heavy atom. The largest absolute Gasteiger partial charge is 0.341 e. The number of rotatable bonds is 8. The van der Waals surface area contributed by atoms with E-state index in [1.807, 2.05) is 0 Å². The molecule has 4 nitrogen and oxygen atoms in total. The number of benzene rings is 12. The van der Waals surface area contributed by atoms with Crippen LogP contribution in [0, 0.1) is 0 Å². The molecule has 0 bridgehead atoms. The Kier molecular flexibility index (Phi) is 9.51. The molecule has 14 aromatic rings. The highest BCUT2D eigenvalue weighted by molar-refractivity contribution is 6.29. The summed E-state index contributed by atoms with van der Waals surface area (Å²) in [6.07, 6.45) is 0. The maximum Gasteiger partial charge on any atom is 0.0701 e. The van der Waals surface area contributed by atoms with Gasteiger partial charge in [-0.3, -0.25) is 0 Å². The van der Waals surface area contributed by atoms with Gasteiger partial charge in [-0.2, -0.15) is 0 Å². The van der Waals surface area contributed by atoms with Crippen molar-refractivity contribution >= 4 is 98.7 Å². The summed E-state index contributed by atoms with van der Waals surface area (Å²) in [4.78, 5) is 5.45. The fourth-order valence-electron chi connectivity index (χ4n) is 14.6. The molecule has 0 saturated carbocycles. The van der Waals surface area contributed by atoms with Crippen LogP contribution in [0.3, 0.4) is 0 Å². The predicted octanol–water partition coefficient (Wildman–Crippen LogP) is 18.9. The fraction of sp³-hybridized carbons (Fsp3) is 0.111. The molecule has 12 aromatic carbocycles. The second kappa shape index (κ2) is 16.7. The SMILES string of the molecule is CCn1c2ccccc2c2cc(N3c4c(cc5ccc6c7c(cc8ccc4c5c86)C(c4ccccc4)C(c4ccccc4)N7c4ccc5c(c4)c4ccccc4n5CC)C(c4ccccc4)C3c3ccccc3)ccc21. The van der Waals surface area contributed by atoms with Gasteiger partial charge in [0.1, 0.15) is 0 Å². The van der Waals surface area contributed by atoms with Gasteiger partial charge in [0.05, 0.1) is 23.5 Å². The summed E-state index contributed by atoms with van der Waals surface area (Å²) in [5.74, 6) is 0.138. The lowest BCUT2D eigenvalue weighted by molar-refractivity contribution is 0.658. The van der Waals surface area contributed by atoms with Gasteiger partial charge >= 0.3 is 0 Å². The Bertz CT molecular complexity index is 4280. The van der Waals surface area contributed by atoms with Crippen LogP contribution in [0.15, 0.2) is 243 Å². The molecule has 4 heteroatoms. The van der Waals surface area contributed by atoms with Crippen LogP contribution in [0.4, 0.5) is 22.7 Å². The third kappa shape index (κ3) is 6.07. The van der Waals surface area contributed by atoms with E-state index in [9.17, 15) is 0 Å². The summed E-state index contributed by atoms with van der Waals surface area (Å²) >= 11 is 0. The Hall–Kier alpha value is -9.12. The summed E-state index contributed by atoms with van der Waals surface area (Å²) < 4.78 is 4.94. The summed E-state index contributed by atoms with van der Waals surface area (Å²) in [6, 6.07) is 92.4. The van der Waals surface area contributed by atoms with Crippen LogP contribution >= 0.6 is 0 Å². The van der Waals surface area contributed by atoms with E-state index >= 15 is 0 Å². The molecule has 0 aliphatic carbocycles. The maximum atomic E-state index is 2.72. The zero-order valence-corrected chi connectivity index (χ0v) is 42.6. The van der Waals surface area contributed by atoms with Gasteiger partial charge in [0.2, 0.25) is 0 Å². The molecule has 0 saturated heterocycles. The van der Waals surface area contributed by atoms with Gasteiger partial charge in [0.25, 0.3) is 0 Å². The number of para-hydroxylation sites is 2. The average Bonchev–Trinajstić information content (AvgIpc) is 4.39. The van der Waals surface area contributed by atoms with Crippen molar-refractivity contribution in [2.24, 2.45) is 0 Å². The van der Waals surface area contributed by atoms with Crippen LogP contribution in [-0.2, 0) is 13.1 Å².